The molecule has 5 nitrogen and oxygen atoms in total. The number of anilines is 1. The van der Waals surface area contributed by atoms with Gasteiger partial charge in [0.05, 0.1) is 6.61 Å². The Balaban J connectivity index is 1.44. The summed E-state index contributed by atoms with van der Waals surface area (Å²) < 4.78 is 9.97. The number of aromatic nitrogens is 2. The molecular formula is C19H19N3O2S. The Hall–Kier alpha value is -2.73. The lowest BCUT2D eigenvalue weighted by atomic mass is 10.2. The van der Waals surface area contributed by atoms with Crippen LogP contribution in [0.2, 0.25) is 0 Å². The molecule has 0 aliphatic rings. The van der Waals surface area contributed by atoms with Gasteiger partial charge >= 0.3 is 0 Å². The molecule has 1 heterocycles. The zero-order valence-electron chi connectivity index (χ0n) is 13.9. The van der Waals surface area contributed by atoms with Gasteiger partial charge in [0.25, 0.3) is 0 Å². The highest BCUT2D eigenvalue weighted by molar-refractivity contribution is 7.10. The second kappa shape index (κ2) is 8.39. The van der Waals surface area contributed by atoms with E-state index in [-0.39, 0.29) is 5.91 Å². The number of para-hydroxylation sites is 1. The minimum atomic E-state index is -0.0795. The third kappa shape index (κ3) is 4.87. The third-order valence-electron chi connectivity index (χ3n) is 3.60. The Labute approximate surface area is 150 Å². The number of amides is 1. The van der Waals surface area contributed by atoms with Gasteiger partial charge in [0.1, 0.15) is 5.75 Å². The standard InChI is InChI=1S/C19H19N3O2S/c1-14-8-5-6-11-16(14)24-13-7-12-17(23)20-19-21-18(22-25-19)15-9-3-2-4-10-15/h2-6,8-11H,7,12-13H2,1H3,(H,20,21,22,23). The van der Waals surface area contributed by atoms with E-state index < -0.39 is 0 Å². The number of carbonyl (C=O) groups is 1. The van der Waals surface area contributed by atoms with Crippen LogP contribution in [0.25, 0.3) is 11.4 Å². The Morgan fingerprint density at radius 2 is 1.88 bits per heavy atom. The first-order chi connectivity index (χ1) is 12.2. The first-order valence-electron chi connectivity index (χ1n) is 8.10. The largest absolute Gasteiger partial charge is 0.493 e. The van der Waals surface area contributed by atoms with Gasteiger partial charge in [0.2, 0.25) is 11.0 Å². The zero-order valence-corrected chi connectivity index (χ0v) is 14.8. The summed E-state index contributed by atoms with van der Waals surface area (Å²) in [4.78, 5) is 16.4. The molecule has 0 saturated heterocycles. The minimum Gasteiger partial charge on any atom is -0.493 e. The van der Waals surface area contributed by atoms with Crippen LogP contribution in [-0.2, 0) is 4.79 Å². The van der Waals surface area contributed by atoms with Gasteiger partial charge in [-0.3, -0.25) is 4.79 Å². The molecule has 25 heavy (non-hydrogen) atoms. The number of nitrogens with one attached hydrogen (secondary N) is 1. The van der Waals surface area contributed by atoms with Crippen LogP contribution < -0.4 is 10.1 Å². The smallest absolute Gasteiger partial charge is 0.226 e. The van der Waals surface area contributed by atoms with E-state index in [9.17, 15) is 4.79 Å². The van der Waals surface area contributed by atoms with Crippen molar-refractivity contribution in [1.29, 1.82) is 0 Å². The van der Waals surface area contributed by atoms with Gasteiger partial charge in [0.15, 0.2) is 5.82 Å². The molecule has 1 aromatic heterocycles. The molecule has 0 aliphatic heterocycles. The summed E-state index contributed by atoms with van der Waals surface area (Å²) in [5.41, 5.74) is 2.03. The fourth-order valence-electron chi connectivity index (χ4n) is 2.29. The van der Waals surface area contributed by atoms with Crippen molar-refractivity contribution in [2.45, 2.75) is 19.8 Å². The van der Waals surface area contributed by atoms with E-state index in [1.807, 2.05) is 61.5 Å². The van der Waals surface area contributed by atoms with E-state index >= 15 is 0 Å². The predicted molar refractivity (Wildman–Crippen MR) is 99.9 cm³/mol. The van der Waals surface area contributed by atoms with E-state index in [4.69, 9.17) is 4.74 Å². The van der Waals surface area contributed by atoms with Crippen molar-refractivity contribution in [2.24, 2.45) is 0 Å². The average Bonchev–Trinajstić information content (AvgIpc) is 3.09. The number of aryl methyl sites for hydroxylation is 1. The maximum absolute atomic E-state index is 12.0. The van der Waals surface area contributed by atoms with Crippen LogP contribution in [0.1, 0.15) is 18.4 Å². The highest BCUT2D eigenvalue weighted by Gasteiger charge is 2.09. The molecule has 1 N–H and O–H groups in total. The SMILES string of the molecule is Cc1ccccc1OCCCC(=O)Nc1nc(-c2ccccc2)ns1. The van der Waals surface area contributed by atoms with Crippen LogP contribution in [0.5, 0.6) is 5.75 Å². The summed E-state index contributed by atoms with van der Waals surface area (Å²) in [5, 5.41) is 3.31. The summed E-state index contributed by atoms with van der Waals surface area (Å²) >= 11 is 1.19. The van der Waals surface area contributed by atoms with Gasteiger partial charge in [-0.05, 0) is 25.0 Å². The summed E-state index contributed by atoms with van der Waals surface area (Å²) in [6.45, 7) is 2.51. The summed E-state index contributed by atoms with van der Waals surface area (Å²) in [6.07, 6.45) is 1.02. The molecule has 0 fully saturated rings. The molecule has 0 atom stereocenters. The van der Waals surface area contributed by atoms with E-state index in [2.05, 4.69) is 14.7 Å². The van der Waals surface area contributed by atoms with Crippen molar-refractivity contribution >= 4 is 22.6 Å². The summed E-state index contributed by atoms with van der Waals surface area (Å²) in [7, 11) is 0. The molecule has 0 bridgehead atoms. The minimum absolute atomic E-state index is 0.0795. The lowest BCUT2D eigenvalue weighted by molar-refractivity contribution is -0.116. The molecule has 0 radical (unpaired) electrons. The monoisotopic (exact) mass is 353 g/mol. The van der Waals surface area contributed by atoms with Crippen LogP contribution >= 0.6 is 11.5 Å². The van der Waals surface area contributed by atoms with Crippen LogP contribution in [0.3, 0.4) is 0 Å². The number of ether oxygens (including phenoxy) is 1. The number of benzene rings is 2. The highest BCUT2D eigenvalue weighted by Crippen LogP contribution is 2.21. The van der Waals surface area contributed by atoms with E-state index in [1.165, 1.54) is 11.5 Å². The Morgan fingerprint density at radius 3 is 2.68 bits per heavy atom. The van der Waals surface area contributed by atoms with Gasteiger partial charge in [-0.15, -0.1) is 0 Å². The van der Waals surface area contributed by atoms with Gasteiger partial charge < -0.3 is 10.1 Å². The number of nitrogens with zero attached hydrogens (tertiary/aromatic N) is 2. The number of hydrogen-bond acceptors (Lipinski definition) is 5. The van der Waals surface area contributed by atoms with Crippen LogP contribution in [0.15, 0.2) is 54.6 Å². The van der Waals surface area contributed by atoms with Gasteiger partial charge in [0, 0.05) is 23.5 Å². The topological polar surface area (TPSA) is 64.1 Å². The fraction of sp³-hybridized carbons (Fsp3) is 0.211. The van der Waals surface area contributed by atoms with Crippen molar-refractivity contribution in [1.82, 2.24) is 9.36 Å². The van der Waals surface area contributed by atoms with Gasteiger partial charge in [-0.1, -0.05) is 48.5 Å². The highest BCUT2D eigenvalue weighted by atomic mass is 32.1. The average molecular weight is 353 g/mol. The van der Waals surface area contributed by atoms with Crippen LogP contribution in [0, 0.1) is 6.92 Å². The van der Waals surface area contributed by atoms with Crippen molar-refractivity contribution in [2.75, 3.05) is 11.9 Å². The second-order valence-corrected chi connectivity index (χ2v) is 6.31. The third-order valence-corrected chi connectivity index (χ3v) is 4.23. The normalized spacial score (nSPS) is 10.4. The summed E-state index contributed by atoms with van der Waals surface area (Å²) in [5.74, 6) is 1.41. The number of hydrogen-bond donors (Lipinski definition) is 1. The summed E-state index contributed by atoms with van der Waals surface area (Å²) in [6, 6.07) is 17.5. The van der Waals surface area contributed by atoms with Crippen molar-refractivity contribution in [3.63, 3.8) is 0 Å². The number of rotatable bonds is 7. The molecule has 0 saturated carbocycles. The molecule has 0 unspecified atom stereocenters. The maximum Gasteiger partial charge on any atom is 0.226 e. The maximum atomic E-state index is 12.0. The molecule has 128 valence electrons. The van der Waals surface area contributed by atoms with Crippen molar-refractivity contribution in [3.8, 4) is 17.1 Å². The van der Waals surface area contributed by atoms with E-state index in [1.54, 1.807) is 0 Å². The fourth-order valence-corrected chi connectivity index (χ4v) is 2.90. The van der Waals surface area contributed by atoms with Crippen LogP contribution in [0.4, 0.5) is 5.13 Å². The Kier molecular flexibility index (Phi) is 5.74. The molecule has 3 aromatic rings. The first-order valence-corrected chi connectivity index (χ1v) is 8.87. The number of carbonyl (C=O) groups excluding carboxylic acids is 1. The van der Waals surface area contributed by atoms with Crippen molar-refractivity contribution in [3.05, 3.63) is 60.2 Å². The lowest BCUT2D eigenvalue weighted by Gasteiger charge is -2.08. The Bertz CT molecular complexity index is 833. The molecule has 3 rings (SSSR count). The van der Waals surface area contributed by atoms with E-state index in [0.717, 1.165) is 16.9 Å². The molecule has 1 amide bonds. The van der Waals surface area contributed by atoms with Crippen molar-refractivity contribution < 1.29 is 9.53 Å². The zero-order chi connectivity index (χ0) is 17.5. The first kappa shape index (κ1) is 17.1. The lowest BCUT2D eigenvalue weighted by Crippen LogP contribution is -2.12. The molecular weight excluding hydrogens is 334 g/mol. The second-order valence-electron chi connectivity index (χ2n) is 5.55. The molecule has 2 aromatic carbocycles. The van der Waals surface area contributed by atoms with Gasteiger partial charge in [-0.2, -0.15) is 9.36 Å². The Morgan fingerprint density at radius 1 is 1.12 bits per heavy atom. The van der Waals surface area contributed by atoms with E-state index in [0.29, 0.717) is 30.4 Å². The molecule has 0 spiro atoms. The van der Waals surface area contributed by atoms with Crippen LogP contribution in [-0.4, -0.2) is 21.9 Å². The predicted octanol–water partition coefficient (Wildman–Crippen LogP) is 4.31. The molecule has 0 aliphatic carbocycles. The van der Waals surface area contributed by atoms with Gasteiger partial charge in [-0.25, -0.2) is 0 Å². The quantitative estimate of drug-likeness (QED) is 0.643. The molecule has 6 heteroatoms.